The molecule has 2 nitrogen and oxygen atoms in total. The Morgan fingerprint density at radius 2 is 2.14 bits per heavy atom. The van der Waals surface area contributed by atoms with E-state index >= 15 is 0 Å². The minimum Gasteiger partial charge on any atom is -0.478 e. The van der Waals surface area contributed by atoms with E-state index in [9.17, 15) is 0 Å². The van der Waals surface area contributed by atoms with Crippen molar-refractivity contribution in [2.75, 3.05) is 6.61 Å². The van der Waals surface area contributed by atoms with Crippen molar-refractivity contribution >= 4 is 5.90 Å². The van der Waals surface area contributed by atoms with Crippen LogP contribution >= 0.6 is 0 Å². The second-order valence-corrected chi connectivity index (χ2v) is 6.54. The molecule has 0 saturated carbocycles. The molecule has 0 amide bonds. The minimum atomic E-state index is -0.146. The fourth-order valence-electron chi connectivity index (χ4n) is 3.49. The Kier molecular flexibility index (Phi) is 3.88. The van der Waals surface area contributed by atoms with Crippen molar-refractivity contribution in [3.8, 4) is 0 Å². The minimum absolute atomic E-state index is 0.146. The Hall–Kier alpha value is -1.57. The van der Waals surface area contributed by atoms with Gasteiger partial charge in [0.15, 0.2) is 5.90 Å². The van der Waals surface area contributed by atoms with E-state index in [1.807, 2.05) is 0 Å². The topological polar surface area (TPSA) is 21.6 Å². The first-order chi connectivity index (χ1) is 10.2. The molecular weight excluding hydrogens is 258 g/mol. The SMILES string of the molecule is CCC[C@]1(C2=N[C@@H](C(C)C)CO2)C=CCc2ccccc21. The van der Waals surface area contributed by atoms with Crippen LogP contribution in [0.2, 0.25) is 0 Å². The maximum atomic E-state index is 6.08. The fraction of sp³-hybridized carbons (Fsp3) is 0.526. The van der Waals surface area contributed by atoms with Crippen LogP contribution in [0.5, 0.6) is 0 Å². The van der Waals surface area contributed by atoms with Gasteiger partial charge in [-0.25, -0.2) is 4.99 Å². The summed E-state index contributed by atoms with van der Waals surface area (Å²) in [5.41, 5.74) is 2.65. The molecular formula is C19H25NO. The zero-order valence-electron chi connectivity index (χ0n) is 13.3. The number of nitrogens with zero attached hydrogens (tertiary/aromatic N) is 1. The van der Waals surface area contributed by atoms with Crippen LogP contribution in [-0.2, 0) is 16.6 Å². The van der Waals surface area contributed by atoms with Crippen molar-refractivity contribution in [2.45, 2.75) is 51.5 Å². The highest BCUT2D eigenvalue weighted by molar-refractivity contribution is 5.92. The van der Waals surface area contributed by atoms with Crippen molar-refractivity contribution in [2.24, 2.45) is 10.9 Å². The predicted molar refractivity (Wildman–Crippen MR) is 87.9 cm³/mol. The summed E-state index contributed by atoms with van der Waals surface area (Å²) in [5, 5.41) is 0. The number of hydrogen-bond donors (Lipinski definition) is 0. The molecule has 1 aromatic rings. The van der Waals surface area contributed by atoms with Crippen LogP contribution in [0.3, 0.4) is 0 Å². The molecule has 0 bridgehead atoms. The lowest BCUT2D eigenvalue weighted by atomic mass is 9.71. The Labute approximate surface area is 127 Å². The zero-order chi connectivity index (χ0) is 14.9. The quantitative estimate of drug-likeness (QED) is 0.755. The van der Waals surface area contributed by atoms with Crippen LogP contribution in [0.25, 0.3) is 0 Å². The van der Waals surface area contributed by atoms with Crippen molar-refractivity contribution < 1.29 is 4.74 Å². The van der Waals surface area contributed by atoms with Crippen molar-refractivity contribution in [3.05, 3.63) is 47.5 Å². The average Bonchev–Trinajstić information content (AvgIpc) is 2.98. The van der Waals surface area contributed by atoms with Crippen LogP contribution in [0.15, 0.2) is 41.4 Å². The molecule has 1 aromatic carbocycles. The maximum Gasteiger partial charge on any atom is 0.198 e. The first-order valence-electron chi connectivity index (χ1n) is 8.14. The Morgan fingerprint density at radius 1 is 1.33 bits per heavy atom. The van der Waals surface area contributed by atoms with Gasteiger partial charge in [0.25, 0.3) is 0 Å². The molecule has 0 radical (unpaired) electrons. The summed E-state index contributed by atoms with van der Waals surface area (Å²) in [7, 11) is 0. The van der Waals surface area contributed by atoms with E-state index in [0.717, 1.165) is 31.8 Å². The molecule has 0 aromatic heterocycles. The lowest BCUT2D eigenvalue weighted by molar-refractivity contribution is 0.273. The van der Waals surface area contributed by atoms with Crippen molar-refractivity contribution in [3.63, 3.8) is 0 Å². The molecule has 0 spiro atoms. The number of hydrogen-bond acceptors (Lipinski definition) is 2. The van der Waals surface area contributed by atoms with E-state index in [-0.39, 0.29) is 5.41 Å². The molecule has 1 aliphatic heterocycles. The number of aliphatic imine (C=N–C) groups is 1. The third-order valence-electron chi connectivity index (χ3n) is 4.71. The van der Waals surface area contributed by atoms with Crippen molar-refractivity contribution in [1.29, 1.82) is 0 Å². The molecule has 0 fully saturated rings. The van der Waals surface area contributed by atoms with E-state index in [1.54, 1.807) is 0 Å². The van der Waals surface area contributed by atoms with Crippen LogP contribution < -0.4 is 0 Å². The van der Waals surface area contributed by atoms with E-state index < -0.39 is 0 Å². The Balaban J connectivity index is 2.07. The predicted octanol–water partition coefficient (Wildman–Crippen LogP) is 4.29. The van der Waals surface area contributed by atoms with E-state index in [1.165, 1.54) is 11.1 Å². The molecule has 0 saturated heterocycles. The maximum absolute atomic E-state index is 6.08. The number of ether oxygens (including phenoxy) is 1. The highest BCUT2D eigenvalue weighted by Gasteiger charge is 2.42. The van der Waals surface area contributed by atoms with Crippen LogP contribution in [-0.4, -0.2) is 18.5 Å². The van der Waals surface area contributed by atoms with Gasteiger partial charge in [-0.15, -0.1) is 0 Å². The van der Waals surface area contributed by atoms with Gasteiger partial charge < -0.3 is 4.74 Å². The molecule has 1 heterocycles. The first-order valence-corrected chi connectivity index (χ1v) is 8.14. The van der Waals surface area contributed by atoms with Gasteiger partial charge >= 0.3 is 0 Å². The molecule has 2 heteroatoms. The van der Waals surface area contributed by atoms with Gasteiger partial charge in [0.05, 0.1) is 11.5 Å². The molecule has 1 aliphatic carbocycles. The second-order valence-electron chi connectivity index (χ2n) is 6.54. The van der Waals surface area contributed by atoms with Gasteiger partial charge in [-0.2, -0.15) is 0 Å². The zero-order valence-corrected chi connectivity index (χ0v) is 13.3. The smallest absolute Gasteiger partial charge is 0.198 e. The summed E-state index contributed by atoms with van der Waals surface area (Å²) in [5.74, 6) is 1.47. The van der Waals surface area contributed by atoms with E-state index in [4.69, 9.17) is 9.73 Å². The summed E-state index contributed by atoms with van der Waals surface area (Å²) in [4.78, 5) is 4.94. The third kappa shape index (κ3) is 2.41. The molecule has 0 unspecified atom stereocenters. The second kappa shape index (κ2) is 5.67. The number of rotatable bonds is 4. The average molecular weight is 283 g/mol. The van der Waals surface area contributed by atoms with Crippen LogP contribution in [0, 0.1) is 5.92 Å². The number of benzene rings is 1. The molecule has 21 heavy (non-hydrogen) atoms. The lowest BCUT2D eigenvalue weighted by Crippen LogP contribution is -2.36. The standard InChI is InChI=1S/C19H25NO/c1-4-11-19(18-20-17(13-21-18)14(2)3)12-7-9-15-8-5-6-10-16(15)19/h5-8,10,12,14,17H,4,9,11,13H2,1-3H3/t17-,19+/m1/s1. The molecule has 112 valence electrons. The lowest BCUT2D eigenvalue weighted by Gasteiger charge is -2.34. The molecule has 2 aliphatic rings. The van der Waals surface area contributed by atoms with Crippen LogP contribution in [0.1, 0.15) is 44.7 Å². The third-order valence-corrected chi connectivity index (χ3v) is 4.71. The van der Waals surface area contributed by atoms with E-state index in [0.29, 0.717) is 12.0 Å². The van der Waals surface area contributed by atoms with E-state index in [2.05, 4.69) is 57.2 Å². The molecule has 3 rings (SSSR count). The summed E-state index contributed by atoms with van der Waals surface area (Å²) in [6.07, 6.45) is 7.81. The summed E-state index contributed by atoms with van der Waals surface area (Å²) in [6, 6.07) is 9.05. The number of fused-ring (bicyclic) bond motifs is 1. The monoisotopic (exact) mass is 283 g/mol. The number of allylic oxidation sites excluding steroid dienone is 1. The van der Waals surface area contributed by atoms with Crippen molar-refractivity contribution in [1.82, 2.24) is 0 Å². The Bertz CT molecular complexity index is 573. The summed E-state index contributed by atoms with van der Waals surface area (Å²) in [6.45, 7) is 7.41. The highest BCUT2D eigenvalue weighted by atomic mass is 16.5. The largest absolute Gasteiger partial charge is 0.478 e. The van der Waals surface area contributed by atoms with Gasteiger partial charge in [-0.05, 0) is 29.9 Å². The summed E-state index contributed by atoms with van der Waals surface area (Å²) >= 11 is 0. The van der Waals surface area contributed by atoms with Gasteiger partial charge in [-0.3, -0.25) is 0 Å². The fourth-order valence-corrected chi connectivity index (χ4v) is 3.49. The Morgan fingerprint density at radius 3 is 2.86 bits per heavy atom. The van der Waals surface area contributed by atoms with Crippen LogP contribution in [0.4, 0.5) is 0 Å². The van der Waals surface area contributed by atoms with Gasteiger partial charge in [0.1, 0.15) is 6.61 Å². The van der Waals surface area contributed by atoms with Gasteiger partial charge in [-0.1, -0.05) is 63.6 Å². The highest BCUT2D eigenvalue weighted by Crippen LogP contribution is 2.40. The molecule has 0 N–H and O–H groups in total. The van der Waals surface area contributed by atoms with Gasteiger partial charge in [0, 0.05) is 0 Å². The first kappa shape index (κ1) is 14.4. The molecule has 2 atom stereocenters. The van der Waals surface area contributed by atoms with Gasteiger partial charge in [0.2, 0.25) is 0 Å². The normalized spacial score (nSPS) is 27.4. The summed E-state index contributed by atoms with van der Waals surface area (Å²) < 4.78 is 6.08.